The van der Waals surface area contributed by atoms with Gasteiger partial charge in [-0.3, -0.25) is 14.5 Å². The molecule has 1 spiro atoms. The van der Waals surface area contributed by atoms with E-state index in [1.807, 2.05) is 0 Å². The summed E-state index contributed by atoms with van der Waals surface area (Å²) in [5.41, 5.74) is 5.07. The first-order valence-corrected chi connectivity index (χ1v) is 8.29. The van der Waals surface area contributed by atoms with Crippen LogP contribution in [0.25, 0.3) is 0 Å². The van der Waals surface area contributed by atoms with E-state index < -0.39 is 11.0 Å². The van der Waals surface area contributed by atoms with Gasteiger partial charge in [-0.1, -0.05) is 25.7 Å². The molecule has 2 heterocycles. The molecule has 0 radical (unpaired) electrons. The van der Waals surface area contributed by atoms with E-state index in [4.69, 9.17) is 10.5 Å². The number of rotatable bonds is 2. The van der Waals surface area contributed by atoms with Crippen LogP contribution in [0.5, 0.6) is 0 Å². The van der Waals surface area contributed by atoms with Crippen molar-refractivity contribution in [2.45, 2.75) is 63.3 Å². The second kappa shape index (κ2) is 5.69. The summed E-state index contributed by atoms with van der Waals surface area (Å²) in [5.74, 6) is 0.0519. The highest BCUT2D eigenvalue weighted by Crippen LogP contribution is 2.47. The quantitative estimate of drug-likeness (QED) is 0.785. The average Bonchev–Trinajstić information content (AvgIpc) is 2.67. The van der Waals surface area contributed by atoms with Crippen LogP contribution in [-0.2, 0) is 14.3 Å². The van der Waals surface area contributed by atoms with Crippen molar-refractivity contribution < 1.29 is 14.3 Å². The number of amides is 2. The van der Waals surface area contributed by atoms with Gasteiger partial charge in [0.25, 0.3) is 0 Å². The Morgan fingerprint density at radius 3 is 2.19 bits per heavy atom. The van der Waals surface area contributed by atoms with Gasteiger partial charge < -0.3 is 10.5 Å². The van der Waals surface area contributed by atoms with Gasteiger partial charge in [-0.05, 0) is 25.7 Å². The minimum absolute atomic E-state index is 0.00532. The largest absolute Gasteiger partial charge is 0.381 e. The van der Waals surface area contributed by atoms with Crippen molar-refractivity contribution in [1.29, 1.82) is 0 Å². The second-order valence-electron chi connectivity index (χ2n) is 6.95. The van der Waals surface area contributed by atoms with Crippen LogP contribution in [0.3, 0.4) is 0 Å². The van der Waals surface area contributed by atoms with Gasteiger partial charge in [0, 0.05) is 26.2 Å². The zero-order valence-corrected chi connectivity index (χ0v) is 12.7. The summed E-state index contributed by atoms with van der Waals surface area (Å²) in [6, 6.07) is 0. The minimum atomic E-state index is -0.498. The highest BCUT2D eigenvalue weighted by Gasteiger charge is 2.57. The highest BCUT2D eigenvalue weighted by molar-refractivity contribution is 6.06. The Labute approximate surface area is 126 Å². The summed E-state index contributed by atoms with van der Waals surface area (Å²) in [4.78, 5) is 27.3. The summed E-state index contributed by atoms with van der Waals surface area (Å²) in [6.45, 7) is 1.52. The zero-order valence-electron chi connectivity index (χ0n) is 12.7. The molecule has 2 N–H and O–H groups in total. The van der Waals surface area contributed by atoms with E-state index in [2.05, 4.69) is 0 Å². The maximum atomic E-state index is 13.1. The molecule has 1 aliphatic carbocycles. The Kier molecular flexibility index (Phi) is 4.06. The van der Waals surface area contributed by atoms with Crippen LogP contribution in [0, 0.1) is 5.41 Å². The summed E-state index contributed by atoms with van der Waals surface area (Å²) in [6.07, 6.45) is 7.97. The number of carbonyl (C=O) groups is 2. The molecule has 3 fully saturated rings. The monoisotopic (exact) mass is 294 g/mol. The van der Waals surface area contributed by atoms with Gasteiger partial charge in [0.15, 0.2) is 0 Å². The number of ether oxygens (including phenoxy) is 1. The molecule has 0 aromatic rings. The van der Waals surface area contributed by atoms with E-state index in [9.17, 15) is 9.59 Å². The molecular formula is C16H26N2O3. The molecule has 1 saturated carbocycles. The van der Waals surface area contributed by atoms with Crippen LogP contribution < -0.4 is 5.73 Å². The molecular weight excluding hydrogens is 268 g/mol. The summed E-state index contributed by atoms with van der Waals surface area (Å²) >= 11 is 0. The van der Waals surface area contributed by atoms with E-state index in [1.165, 1.54) is 12.8 Å². The Hall–Kier alpha value is -0.940. The number of hydrogen-bond acceptors (Lipinski definition) is 4. The summed E-state index contributed by atoms with van der Waals surface area (Å²) < 4.78 is 5.41. The Balaban J connectivity index is 1.89. The first-order valence-electron chi connectivity index (χ1n) is 8.29. The summed E-state index contributed by atoms with van der Waals surface area (Å²) in [5, 5.41) is 0. The molecule has 5 nitrogen and oxygen atoms in total. The van der Waals surface area contributed by atoms with Crippen LogP contribution in [0.15, 0.2) is 0 Å². The molecule has 5 heteroatoms. The van der Waals surface area contributed by atoms with Crippen molar-refractivity contribution in [3.8, 4) is 0 Å². The first-order chi connectivity index (χ1) is 10.1. The molecule has 0 aromatic heterocycles. The molecule has 3 aliphatic rings. The molecule has 21 heavy (non-hydrogen) atoms. The molecule has 2 amide bonds. The predicted molar refractivity (Wildman–Crippen MR) is 78.4 cm³/mol. The van der Waals surface area contributed by atoms with Gasteiger partial charge in [0.2, 0.25) is 11.8 Å². The maximum absolute atomic E-state index is 13.1. The zero-order chi connectivity index (χ0) is 14.9. The third-order valence-corrected chi connectivity index (χ3v) is 5.73. The number of nitrogens with two attached hydrogens (primary N) is 1. The normalized spacial score (nSPS) is 28.9. The van der Waals surface area contributed by atoms with Crippen molar-refractivity contribution in [3.05, 3.63) is 0 Å². The van der Waals surface area contributed by atoms with E-state index in [0.29, 0.717) is 39.0 Å². The van der Waals surface area contributed by atoms with E-state index in [1.54, 1.807) is 4.90 Å². The molecule has 0 aromatic carbocycles. The van der Waals surface area contributed by atoms with Gasteiger partial charge in [-0.15, -0.1) is 0 Å². The minimum Gasteiger partial charge on any atom is -0.381 e. The van der Waals surface area contributed by atoms with Gasteiger partial charge in [-0.25, -0.2) is 0 Å². The molecule has 2 saturated heterocycles. The number of hydrogen-bond donors (Lipinski definition) is 1. The fourth-order valence-electron chi connectivity index (χ4n) is 4.34. The van der Waals surface area contributed by atoms with Crippen LogP contribution in [0.2, 0.25) is 0 Å². The fourth-order valence-corrected chi connectivity index (χ4v) is 4.34. The Morgan fingerprint density at radius 1 is 1.00 bits per heavy atom. The van der Waals surface area contributed by atoms with E-state index >= 15 is 0 Å². The number of nitrogens with zero attached hydrogens (tertiary/aromatic N) is 1. The summed E-state index contributed by atoms with van der Waals surface area (Å²) in [7, 11) is 0. The molecule has 0 bridgehead atoms. The third-order valence-electron chi connectivity index (χ3n) is 5.73. The fraction of sp³-hybridized carbons (Fsp3) is 0.875. The lowest BCUT2D eigenvalue weighted by Gasteiger charge is -2.43. The first kappa shape index (κ1) is 15.0. The molecule has 3 rings (SSSR count). The molecule has 0 unspecified atom stereocenters. The highest BCUT2D eigenvalue weighted by atomic mass is 16.5. The van der Waals surface area contributed by atoms with Gasteiger partial charge in [0.05, 0.1) is 11.0 Å². The number of likely N-dealkylation sites (tertiary alicyclic amines) is 1. The Morgan fingerprint density at radius 2 is 1.62 bits per heavy atom. The predicted octanol–water partition coefficient (Wildman–Crippen LogP) is 1.59. The topological polar surface area (TPSA) is 72.6 Å². The molecule has 2 aliphatic heterocycles. The van der Waals surface area contributed by atoms with E-state index in [-0.39, 0.29) is 11.8 Å². The lowest BCUT2D eigenvalue weighted by Crippen LogP contribution is -2.59. The smallest absolute Gasteiger partial charge is 0.236 e. The SMILES string of the molecule is NCC1(N2C(=O)CC3(CCCCCC3)C2=O)CCOCC1. The lowest BCUT2D eigenvalue weighted by atomic mass is 9.78. The van der Waals surface area contributed by atoms with Gasteiger partial charge in [0.1, 0.15) is 0 Å². The number of imide groups is 1. The van der Waals surface area contributed by atoms with Crippen molar-refractivity contribution >= 4 is 11.8 Å². The van der Waals surface area contributed by atoms with E-state index in [0.717, 1.165) is 25.7 Å². The second-order valence-corrected chi connectivity index (χ2v) is 6.95. The van der Waals surface area contributed by atoms with Crippen LogP contribution in [-0.4, -0.2) is 42.0 Å². The maximum Gasteiger partial charge on any atom is 0.236 e. The third kappa shape index (κ3) is 2.40. The van der Waals surface area contributed by atoms with Crippen molar-refractivity contribution in [2.24, 2.45) is 11.1 Å². The van der Waals surface area contributed by atoms with Crippen LogP contribution >= 0.6 is 0 Å². The van der Waals surface area contributed by atoms with Crippen molar-refractivity contribution in [3.63, 3.8) is 0 Å². The van der Waals surface area contributed by atoms with Crippen LogP contribution in [0.1, 0.15) is 57.8 Å². The standard InChI is InChI=1S/C16H26N2O3/c17-12-16(7-9-21-10-8-16)18-13(19)11-15(14(18)20)5-3-1-2-4-6-15/h1-12,17H2. The average molecular weight is 294 g/mol. The van der Waals surface area contributed by atoms with Crippen LogP contribution in [0.4, 0.5) is 0 Å². The van der Waals surface area contributed by atoms with Gasteiger partial charge >= 0.3 is 0 Å². The van der Waals surface area contributed by atoms with Crippen molar-refractivity contribution in [1.82, 2.24) is 4.90 Å². The Bertz CT molecular complexity index is 421. The van der Waals surface area contributed by atoms with Crippen molar-refractivity contribution in [2.75, 3.05) is 19.8 Å². The molecule has 0 atom stereocenters. The number of carbonyl (C=O) groups excluding carboxylic acids is 2. The lowest BCUT2D eigenvalue weighted by molar-refractivity contribution is -0.152. The molecule has 118 valence electrons. The van der Waals surface area contributed by atoms with Gasteiger partial charge in [-0.2, -0.15) is 0 Å².